The lowest BCUT2D eigenvalue weighted by molar-refractivity contribution is -0.115. The summed E-state index contributed by atoms with van der Waals surface area (Å²) >= 11 is 0. The van der Waals surface area contributed by atoms with Crippen molar-refractivity contribution in [2.75, 3.05) is 7.11 Å². The van der Waals surface area contributed by atoms with Gasteiger partial charge < -0.3 is 5.32 Å². The van der Waals surface area contributed by atoms with Gasteiger partial charge in [0, 0.05) is 0 Å². The summed E-state index contributed by atoms with van der Waals surface area (Å²) in [6, 6.07) is 5.62. The van der Waals surface area contributed by atoms with Gasteiger partial charge in [-0.05, 0) is 37.5 Å². The molecule has 3 N–H and O–H groups in total. The molecular weight excluding hydrogens is 318 g/mol. The summed E-state index contributed by atoms with van der Waals surface area (Å²) < 4.78 is 22.8. The molecule has 1 atom stereocenters. The summed E-state index contributed by atoms with van der Waals surface area (Å²) in [4.78, 5) is 17.6. The van der Waals surface area contributed by atoms with Gasteiger partial charge in [-0.2, -0.15) is 0 Å². The Kier molecular flexibility index (Phi) is 5.61. The maximum Gasteiger partial charge on any atom is 0.342 e. The Morgan fingerprint density at radius 3 is 2.61 bits per heavy atom. The predicted molar refractivity (Wildman–Crippen MR) is 85.9 cm³/mol. The standard InChI is InChI=1S/C15H23N3O4S/c1-11(12-6-5-9-14(10-12)23(16,20)21)17-15(19)18(22-2)13-7-3-4-8-13/h5-6,9-11,13H,3-4,7-8H2,1-2H3,(H,17,19)(H2,16,20,21)/t11-/m0/s1. The number of primary sulfonamides is 1. The minimum absolute atomic E-state index is 0.0236. The van der Waals surface area contributed by atoms with E-state index in [0.29, 0.717) is 5.56 Å². The average molecular weight is 341 g/mol. The molecule has 0 heterocycles. The molecule has 1 aliphatic rings. The number of rotatable bonds is 5. The van der Waals surface area contributed by atoms with Gasteiger partial charge in [-0.1, -0.05) is 25.0 Å². The van der Waals surface area contributed by atoms with Crippen LogP contribution in [0.4, 0.5) is 4.79 Å². The number of carbonyl (C=O) groups is 1. The Morgan fingerprint density at radius 2 is 2.04 bits per heavy atom. The second kappa shape index (κ2) is 7.29. The highest BCUT2D eigenvalue weighted by molar-refractivity contribution is 7.89. The quantitative estimate of drug-likeness (QED) is 0.799. The Bertz CT molecular complexity index is 656. The van der Waals surface area contributed by atoms with Crippen molar-refractivity contribution in [1.29, 1.82) is 0 Å². The molecule has 0 radical (unpaired) electrons. The molecule has 0 unspecified atom stereocenters. The number of sulfonamides is 1. The van der Waals surface area contributed by atoms with E-state index in [9.17, 15) is 13.2 Å². The second-order valence-electron chi connectivity index (χ2n) is 5.74. The minimum Gasteiger partial charge on any atom is -0.330 e. The first-order chi connectivity index (χ1) is 10.8. The molecule has 2 amide bonds. The molecule has 128 valence electrons. The van der Waals surface area contributed by atoms with Crippen LogP contribution < -0.4 is 10.5 Å². The van der Waals surface area contributed by atoms with E-state index in [4.69, 9.17) is 9.98 Å². The van der Waals surface area contributed by atoms with E-state index in [2.05, 4.69) is 5.32 Å². The molecule has 23 heavy (non-hydrogen) atoms. The maximum absolute atomic E-state index is 12.4. The van der Waals surface area contributed by atoms with Gasteiger partial charge in [0.2, 0.25) is 10.0 Å². The SMILES string of the molecule is CON(C(=O)N[C@@H](C)c1cccc(S(N)(=O)=O)c1)C1CCCC1. The number of amides is 2. The fraction of sp³-hybridized carbons (Fsp3) is 0.533. The summed E-state index contributed by atoms with van der Waals surface area (Å²) in [7, 11) is -2.29. The first-order valence-corrected chi connectivity index (χ1v) is 9.14. The highest BCUT2D eigenvalue weighted by Gasteiger charge is 2.28. The molecule has 0 spiro atoms. The largest absolute Gasteiger partial charge is 0.342 e. The van der Waals surface area contributed by atoms with E-state index in [1.165, 1.54) is 24.3 Å². The third kappa shape index (κ3) is 4.43. The van der Waals surface area contributed by atoms with E-state index in [1.807, 2.05) is 0 Å². The van der Waals surface area contributed by atoms with Crippen molar-refractivity contribution >= 4 is 16.1 Å². The third-order valence-corrected chi connectivity index (χ3v) is 4.99. The monoisotopic (exact) mass is 341 g/mol. The van der Waals surface area contributed by atoms with Crippen molar-refractivity contribution in [1.82, 2.24) is 10.4 Å². The molecular formula is C15H23N3O4S. The smallest absolute Gasteiger partial charge is 0.330 e. The highest BCUT2D eigenvalue weighted by atomic mass is 32.2. The molecule has 7 nitrogen and oxygen atoms in total. The minimum atomic E-state index is -3.77. The van der Waals surface area contributed by atoms with Crippen LogP contribution in [0.25, 0.3) is 0 Å². The first-order valence-electron chi connectivity index (χ1n) is 7.59. The van der Waals surface area contributed by atoms with Gasteiger partial charge >= 0.3 is 6.03 Å². The third-order valence-electron chi connectivity index (χ3n) is 4.08. The number of hydrogen-bond acceptors (Lipinski definition) is 4. The lowest BCUT2D eigenvalue weighted by Gasteiger charge is -2.28. The Morgan fingerprint density at radius 1 is 1.39 bits per heavy atom. The Hall–Kier alpha value is -1.64. The fourth-order valence-corrected chi connectivity index (χ4v) is 3.40. The molecule has 0 aliphatic heterocycles. The van der Waals surface area contributed by atoms with E-state index < -0.39 is 10.0 Å². The molecule has 0 bridgehead atoms. The van der Waals surface area contributed by atoms with E-state index >= 15 is 0 Å². The van der Waals surface area contributed by atoms with Crippen molar-refractivity contribution in [3.63, 3.8) is 0 Å². The van der Waals surface area contributed by atoms with Crippen molar-refractivity contribution in [2.45, 2.75) is 49.6 Å². The van der Waals surface area contributed by atoms with Gasteiger partial charge in [0.1, 0.15) is 0 Å². The van der Waals surface area contributed by atoms with Gasteiger partial charge in [-0.3, -0.25) is 4.84 Å². The van der Waals surface area contributed by atoms with Crippen LogP contribution in [0, 0.1) is 0 Å². The molecule has 1 aromatic carbocycles. The van der Waals surface area contributed by atoms with Crippen molar-refractivity contribution < 1.29 is 18.0 Å². The van der Waals surface area contributed by atoms with E-state index in [0.717, 1.165) is 25.7 Å². The van der Waals surface area contributed by atoms with Crippen LogP contribution in [0.2, 0.25) is 0 Å². The van der Waals surface area contributed by atoms with Crippen molar-refractivity contribution in [2.24, 2.45) is 5.14 Å². The molecule has 1 saturated carbocycles. The number of hydrogen-bond donors (Lipinski definition) is 2. The van der Waals surface area contributed by atoms with Gasteiger partial charge in [-0.15, -0.1) is 0 Å². The molecule has 2 rings (SSSR count). The number of nitrogens with one attached hydrogen (secondary N) is 1. The number of benzene rings is 1. The first kappa shape index (κ1) is 17.7. The molecule has 0 aromatic heterocycles. The number of carbonyl (C=O) groups excluding carboxylic acids is 1. The second-order valence-corrected chi connectivity index (χ2v) is 7.30. The fourth-order valence-electron chi connectivity index (χ4n) is 2.83. The van der Waals surface area contributed by atoms with Gasteiger partial charge in [0.15, 0.2) is 0 Å². The number of hydroxylamine groups is 2. The lowest BCUT2D eigenvalue weighted by atomic mass is 10.1. The molecule has 1 aliphatic carbocycles. The molecule has 1 fully saturated rings. The molecule has 0 saturated heterocycles. The van der Waals surface area contributed by atoms with Crippen LogP contribution in [-0.4, -0.2) is 32.7 Å². The van der Waals surface area contributed by atoms with Crippen LogP contribution in [0.3, 0.4) is 0 Å². The summed E-state index contributed by atoms with van der Waals surface area (Å²) in [6.07, 6.45) is 4.03. The van der Waals surface area contributed by atoms with Crippen molar-refractivity contribution in [3.05, 3.63) is 29.8 Å². The highest BCUT2D eigenvalue weighted by Crippen LogP contribution is 2.24. The Labute approximate surface area is 136 Å². The molecule has 8 heteroatoms. The van der Waals surface area contributed by atoms with Gasteiger partial charge in [-0.25, -0.2) is 23.4 Å². The van der Waals surface area contributed by atoms with Crippen LogP contribution >= 0.6 is 0 Å². The van der Waals surface area contributed by atoms with Crippen LogP contribution in [-0.2, 0) is 14.9 Å². The van der Waals surface area contributed by atoms with Crippen molar-refractivity contribution in [3.8, 4) is 0 Å². The zero-order valence-corrected chi connectivity index (χ0v) is 14.2. The van der Waals surface area contributed by atoms with Gasteiger partial charge in [0.25, 0.3) is 0 Å². The summed E-state index contributed by atoms with van der Waals surface area (Å²) in [5, 5.41) is 9.33. The van der Waals surface area contributed by atoms with Gasteiger partial charge in [0.05, 0.1) is 24.1 Å². The summed E-state index contributed by atoms with van der Waals surface area (Å²) in [5.74, 6) is 0. The normalized spacial score (nSPS) is 17.0. The summed E-state index contributed by atoms with van der Waals surface area (Å²) in [5.41, 5.74) is 0.660. The number of nitrogens with two attached hydrogens (primary N) is 1. The van der Waals surface area contributed by atoms with Crippen LogP contribution in [0.15, 0.2) is 29.2 Å². The van der Waals surface area contributed by atoms with E-state index in [-0.39, 0.29) is 23.0 Å². The van der Waals surface area contributed by atoms with E-state index in [1.54, 1.807) is 19.1 Å². The maximum atomic E-state index is 12.4. The zero-order chi connectivity index (χ0) is 17.0. The number of nitrogens with zero attached hydrogens (tertiary/aromatic N) is 1. The topological polar surface area (TPSA) is 102 Å². The summed E-state index contributed by atoms with van der Waals surface area (Å²) in [6.45, 7) is 1.78. The van der Waals surface area contributed by atoms with Crippen LogP contribution in [0.1, 0.15) is 44.2 Å². The predicted octanol–water partition coefficient (Wildman–Crippen LogP) is 1.91. The van der Waals surface area contributed by atoms with Crippen LogP contribution in [0.5, 0.6) is 0 Å². The lowest BCUT2D eigenvalue weighted by Crippen LogP contribution is -2.45. The Balaban J connectivity index is 2.08. The average Bonchev–Trinajstić information content (AvgIpc) is 3.01. The number of urea groups is 1. The zero-order valence-electron chi connectivity index (χ0n) is 13.4. The molecule has 1 aromatic rings.